The predicted molar refractivity (Wildman–Crippen MR) is 124 cm³/mol. The molecule has 3 aromatic rings. The zero-order chi connectivity index (χ0) is 22.4. The fourth-order valence-corrected chi connectivity index (χ4v) is 4.54. The van der Waals surface area contributed by atoms with Crippen molar-refractivity contribution in [2.24, 2.45) is 5.92 Å². The quantitative estimate of drug-likeness (QED) is 0.587. The molecular formula is C26H25N3O3. The first kappa shape index (κ1) is 20.3. The monoisotopic (exact) mass is 427 g/mol. The highest BCUT2D eigenvalue weighted by Crippen LogP contribution is 2.47. The summed E-state index contributed by atoms with van der Waals surface area (Å²) in [7, 11) is 3.97. The minimum Gasteiger partial charge on any atom is -0.378 e. The first-order valence-electron chi connectivity index (χ1n) is 10.7. The van der Waals surface area contributed by atoms with Crippen molar-refractivity contribution in [3.63, 3.8) is 0 Å². The van der Waals surface area contributed by atoms with E-state index in [0.717, 1.165) is 22.5 Å². The molecule has 6 heteroatoms. The van der Waals surface area contributed by atoms with Gasteiger partial charge in [0.2, 0.25) is 5.91 Å². The Kier molecular flexibility index (Phi) is 4.94. The van der Waals surface area contributed by atoms with Crippen LogP contribution in [-0.4, -0.2) is 32.0 Å². The van der Waals surface area contributed by atoms with Gasteiger partial charge >= 0.3 is 0 Å². The summed E-state index contributed by atoms with van der Waals surface area (Å²) in [6, 6.07) is 24.7. The molecule has 2 aliphatic heterocycles. The highest BCUT2D eigenvalue weighted by Gasteiger charge is 2.60. The first-order chi connectivity index (χ1) is 15.5. The molecule has 0 unspecified atom stereocenters. The summed E-state index contributed by atoms with van der Waals surface area (Å²) in [6.45, 7) is 1.94. The number of nitrogens with zero attached hydrogens (tertiary/aromatic N) is 3. The largest absolute Gasteiger partial charge is 0.378 e. The third kappa shape index (κ3) is 3.24. The average molecular weight is 428 g/mol. The lowest BCUT2D eigenvalue weighted by molar-refractivity contribution is -0.126. The molecule has 0 spiro atoms. The van der Waals surface area contributed by atoms with Crippen LogP contribution in [0.15, 0.2) is 78.9 Å². The number of amides is 2. The van der Waals surface area contributed by atoms with Gasteiger partial charge in [-0.3, -0.25) is 14.4 Å². The van der Waals surface area contributed by atoms with E-state index in [1.807, 2.05) is 98.7 Å². The van der Waals surface area contributed by atoms with Gasteiger partial charge in [-0.1, -0.05) is 42.5 Å². The molecule has 32 heavy (non-hydrogen) atoms. The van der Waals surface area contributed by atoms with E-state index < -0.39 is 18.1 Å². The molecule has 0 radical (unpaired) electrons. The topological polar surface area (TPSA) is 53.1 Å². The van der Waals surface area contributed by atoms with Gasteiger partial charge in [-0.2, -0.15) is 0 Å². The zero-order valence-electron chi connectivity index (χ0n) is 18.3. The van der Waals surface area contributed by atoms with Crippen LogP contribution in [0.3, 0.4) is 0 Å². The summed E-state index contributed by atoms with van der Waals surface area (Å²) >= 11 is 0. The number of carbonyl (C=O) groups excluding carboxylic acids is 2. The van der Waals surface area contributed by atoms with E-state index >= 15 is 0 Å². The standard InChI is InChI=1S/C26H25N3O3/c1-17-8-7-11-21(16-17)28-25(30)22-23(18-12-14-19(15-13-18)27(2)3)29(32-24(22)26(28)31)20-9-5-4-6-10-20/h4-16,22-24H,1-3H3/t22-,23-,24+/m1/s1. The summed E-state index contributed by atoms with van der Waals surface area (Å²) in [6.07, 6.45) is -0.859. The van der Waals surface area contributed by atoms with Gasteiger partial charge in [0.1, 0.15) is 5.92 Å². The summed E-state index contributed by atoms with van der Waals surface area (Å²) in [4.78, 5) is 36.5. The third-order valence-electron chi connectivity index (χ3n) is 6.14. The number of benzene rings is 3. The number of hydroxylamine groups is 1. The normalized spacial score (nSPS) is 22.4. The molecular weight excluding hydrogens is 402 g/mol. The van der Waals surface area contributed by atoms with E-state index in [2.05, 4.69) is 0 Å². The minimum atomic E-state index is -0.859. The summed E-state index contributed by atoms with van der Waals surface area (Å²) in [5.41, 5.74) is 4.38. The minimum absolute atomic E-state index is 0.231. The second-order valence-corrected chi connectivity index (χ2v) is 8.49. The Labute approximate surface area is 187 Å². The van der Waals surface area contributed by atoms with Crippen molar-refractivity contribution >= 4 is 28.9 Å². The van der Waals surface area contributed by atoms with Gasteiger partial charge < -0.3 is 4.90 Å². The fraction of sp³-hybridized carbons (Fsp3) is 0.231. The van der Waals surface area contributed by atoms with Crippen molar-refractivity contribution in [1.82, 2.24) is 0 Å². The molecule has 2 amide bonds. The molecule has 0 aromatic heterocycles. The second kappa shape index (κ2) is 7.80. The van der Waals surface area contributed by atoms with E-state index in [1.54, 1.807) is 11.1 Å². The Hall–Kier alpha value is -3.64. The molecule has 3 aromatic carbocycles. The number of imide groups is 1. The van der Waals surface area contributed by atoms with Gasteiger partial charge in [-0.25, -0.2) is 9.96 Å². The molecule has 6 nitrogen and oxygen atoms in total. The van der Waals surface area contributed by atoms with Crippen LogP contribution in [0.2, 0.25) is 0 Å². The fourth-order valence-electron chi connectivity index (χ4n) is 4.54. The van der Waals surface area contributed by atoms with E-state index in [1.165, 1.54) is 4.90 Å². The number of rotatable bonds is 4. The molecule has 2 aliphatic rings. The van der Waals surface area contributed by atoms with Crippen molar-refractivity contribution in [3.05, 3.63) is 90.0 Å². The lowest BCUT2D eigenvalue weighted by Crippen LogP contribution is -2.37. The SMILES string of the molecule is Cc1cccc(N2C(=O)[C@H]3[C@H](ON(c4ccccc4)[C@@H]3c3ccc(N(C)C)cc3)C2=O)c1. The van der Waals surface area contributed by atoms with Gasteiger partial charge in [0.25, 0.3) is 5.91 Å². The van der Waals surface area contributed by atoms with Crippen LogP contribution >= 0.6 is 0 Å². The highest BCUT2D eigenvalue weighted by atomic mass is 16.7. The molecule has 0 N–H and O–H groups in total. The van der Waals surface area contributed by atoms with Crippen LogP contribution in [0.5, 0.6) is 0 Å². The predicted octanol–water partition coefficient (Wildman–Crippen LogP) is 4.11. The number of hydrogen-bond donors (Lipinski definition) is 0. The molecule has 162 valence electrons. The number of fused-ring (bicyclic) bond motifs is 1. The van der Waals surface area contributed by atoms with Crippen LogP contribution in [-0.2, 0) is 14.4 Å². The highest BCUT2D eigenvalue weighted by molar-refractivity contribution is 6.24. The summed E-state index contributed by atoms with van der Waals surface area (Å²) < 4.78 is 0. The van der Waals surface area contributed by atoms with Crippen LogP contribution in [0, 0.1) is 12.8 Å². The van der Waals surface area contributed by atoms with Crippen LogP contribution in [0.4, 0.5) is 17.1 Å². The van der Waals surface area contributed by atoms with Crippen molar-refractivity contribution < 1.29 is 14.4 Å². The molecule has 3 atom stereocenters. The molecule has 2 fully saturated rings. The second-order valence-electron chi connectivity index (χ2n) is 8.49. The third-order valence-corrected chi connectivity index (χ3v) is 6.14. The Morgan fingerprint density at radius 2 is 1.50 bits per heavy atom. The molecule has 0 bridgehead atoms. The van der Waals surface area contributed by atoms with Crippen LogP contribution in [0.25, 0.3) is 0 Å². The van der Waals surface area contributed by atoms with Crippen molar-refractivity contribution in [1.29, 1.82) is 0 Å². The number of aryl methyl sites for hydroxylation is 1. The molecule has 0 saturated carbocycles. The Morgan fingerprint density at radius 1 is 0.812 bits per heavy atom. The Morgan fingerprint density at radius 3 is 2.16 bits per heavy atom. The van der Waals surface area contributed by atoms with Crippen molar-refractivity contribution in [2.75, 3.05) is 29.0 Å². The van der Waals surface area contributed by atoms with E-state index in [4.69, 9.17) is 4.84 Å². The van der Waals surface area contributed by atoms with E-state index in [9.17, 15) is 9.59 Å². The number of carbonyl (C=O) groups is 2. The Balaban J connectivity index is 1.57. The Bertz CT molecular complexity index is 1160. The summed E-state index contributed by atoms with van der Waals surface area (Å²) in [5.74, 6) is -1.18. The van der Waals surface area contributed by atoms with Crippen molar-refractivity contribution in [2.45, 2.75) is 19.1 Å². The lowest BCUT2D eigenvalue weighted by Gasteiger charge is -2.29. The van der Waals surface area contributed by atoms with Crippen LogP contribution < -0.4 is 14.9 Å². The van der Waals surface area contributed by atoms with Crippen LogP contribution in [0.1, 0.15) is 17.2 Å². The van der Waals surface area contributed by atoms with E-state index in [-0.39, 0.29) is 11.8 Å². The van der Waals surface area contributed by atoms with Gasteiger partial charge in [-0.15, -0.1) is 0 Å². The van der Waals surface area contributed by atoms with Gasteiger partial charge in [0, 0.05) is 19.8 Å². The average Bonchev–Trinajstić information content (AvgIpc) is 3.30. The number of anilines is 3. The summed E-state index contributed by atoms with van der Waals surface area (Å²) in [5, 5.41) is 1.73. The molecule has 2 heterocycles. The smallest absolute Gasteiger partial charge is 0.266 e. The molecule has 2 saturated heterocycles. The van der Waals surface area contributed by atoms with Crippen molar-refractivity contribution in [3.8, 4) is 0 Å². The maximum absolute atomic E-state index is 13.6. The van der Waals surface area contributed by atoms with Gasteiger partial charge in [0.05, 0.1) is 17.4 Å². The zero-order valence-corrected chi connectivity index (χ0v) is 18.3. The van der Waals surface area contributed by atoms with Gasteiger partial charge in [0.15, 0.2) is 6.10 Å². The number of hydrogen-bond acceptors (Lipinski definition) is 5. The maximum atomic E-state index is 13.6. The molecule has 0 aliphatic carbocycles. The van der Waals surface area contributed by atoms with E-state index in [0.29, 0.717) is 5.69 Å². The maximum Gasteiger partial charge on any atom is 0.266 e. The molecule has 5 rings (SSSR count). The number of para-hydroxylation sites is 1. The lowest BCUT2D eigenvalue weighted by atomic mass is 9.90. The van der Waals surface area contributed by atoms with Gasteiger partial charge in [-0.05, 0) is 54.4 Å². The first-order valence-corrected chi connectivity index (χ1v) is 10.7.